The highest BCUT2D eigenvalue weighted by molar-refractivity contribution is 8.00. The van der Waals surface area contributed by atoms with Gasteiger partial charge in [0.2, 0.25) is 0 Å². The Morgan fingerprint density at radius 3 is 2.88 bits per heavy atom. The second kappa shape index (κ2) is 9.87. The number of ketones is 2. The monoisotopic (exact) mass is 573 g/mol. The molecule has 1 aliphatic heterocycles. The van der Waals surface area contributed by atoms with Gasteiger partial charge in [-0.2, -0.15) is 0 Å². The van der Waals surface area contributed by atoms with Gasteiger partial charge in [-0.05, 0) is 67.5 Å². The van der Waals surface area contributed by atoms with Crippen LogP contribution in [0.25, 0.3) is 10.8 Å². The van der Waals surface area contributed by atoms with E-state index in [1.54, 1.807) is 18.3 Å². The quantitative estimate of drug-likeness (QED) is 0.420. The average Bonchev–Trinajstić information content (AvgIpc) is 3.44. The minimum Gasteiger partial charge on any atom is -0.393 e. The van der Waals surface area contributed by atoms with E-state index in [2.05, 4.69) is 31.8 Å². The second-order valence-corrected chi connectivity index (χ2v) is 14.2. The van der Waals surface area contributed by atoms with Crippen molar-refractivity contribution in [1.82, 2.24) is 4.98 Å². The average molecular weight is 574 g/mol. The molecule has 6 unspecified atom stereocenters. The molecule has 9 atom stereocenters. The van der Waals surface area contributed by atoms with Crippen molar-refractivity contribution in [1.29, 1.82) is 0 Å². The Balaban J connectivity index is 1.23. The van der Waals surface area contributed by atoms with E-state index in [-0.39, 0.29) is 46.6 Å². The van der Waals surface area contributed by atoms with E-state index >= 15 is 0 Å². The van der Waals surface area contributed by atoms with E-state index in [4.69, 9.17) is 9.47 Å². The van der Waals surface area contributed by atoms with Gasteiger partial charge < -0.3 is 14.6 Å². The summed E-state index contributed by atoms with van der Waals surface area (Å²) in [6.07, 6.45) is 10.5. The minimum atomic E-state index is -1.10. The number of benzene rings is 1. The number of aliphatic hydroxyl groups is 1. The van der Waals surface area contributed by atoms with Crippen molar-refractivity contribution in [2.45, 2.75) is 88.4 Å². The maximum absolute atomic E-state index is 14.6. The lowest BCUT2D eigenvalue weighted by atomic mass is 9.46. The highest BCUT2D eigenvalue weighted by atomic mass is 32.2. The van der Waals surface area contributed by atoms with Gasteiger partial charge in [0.15, 0.2) is 23.5 Å². The van der Waals surface area contributed by atoms with Gasteiger partial charge in [-0.25, -0.2) is 4.98 Å². The van der Waals surface area contributed by atoms with Crippen molar-refractivity contribution < 1.29 is 24.2 Å². The van der Waals surface area contributed by atoms with Gasteiger partial charge >= 0.3 is 0 Å². The van der Waals surface area contributed by atoms with Crippen LogP contribution in [0.4, 0.5) is 0 Å². The standard InChI is InChI=1S/C34H39NO5S/c1-4-7-29-39-28-17-25-24-11-10-21-16-22(36)12-14-32(21,2)30(24)26(37)18-33(25,3)34(28,40-29)27(38)19-41-31-23-9-6-5-8-20(23)13-15-35-31/h5-6,8-9,12-16,24-26,28-30,37H,4,7,10-11,17-19H2,1-3H3/t24?,25?,26?,28-,29-,30?,32?,33?,34-/m1/s1. The molecule has 1 aromatic carbocycles. The number of nitrogens with zero attached hydrogens (tertiary/aromatic N) is 1. The Bertz CT molecular complexity index is 1460. The summed E-state index contributed by atoms with van der Waals surface area (Å²) in [5, 5.41) is 14.9. The van der Waals surface area contributed by atoms with Gasteiger partial charge in [0.1, 0.15) is 5.03 Å². The fourth-order valence-electron chi connectivity index (χ4n) is 9.45. The number of carbonyl (C=O) groups is 2. The predicted molar refractivity (Wildman–Crippen MR) is 158 cm³/mol. The molecule has 7 rings (SSSR count). The summed E-state index contributed by atoms with van der Waals surface area (Å²) in [5.41, 5.74) is -0.880. The molecule has 4 aliphatic carbocycles. The summed E-state index contributed by atoms with van der Waals surface area (Å²) in [4.78, 5) is 31.4. The van der Waals surface area contributed by atoms with E-state index < -0.39 is 23.4 Å². The summed E-state index contributed by atoms with van der Waals surface area (Å²) in [6, 6.07) is 10.1. The first kappa shape index (κ1) is 27.5. The first-order valence-electron chi connectivity index (χ1n) is 15.2. The van der Waals surface area contributed by atoms with Crippen molar-refractivity contribution >= 4 is 34.1 Å². The number of carbonyl (C=O) groups excluding carboxylic acids is 2. The molecular formula is C34H39NO5S. The first-order chi connectivity index (χ1) is 19.7. The first-order valence-corrected chi connectivity index (χ1v) is 16.2. The normalized spacial score (nSPS) is 41.0. The zero-order chi connectivity index (χ0) is 28.6. The molecule has 7 heteroatoms. The van der Waals surface area contributed by atoms with Crippen LogP contribution in [0, 0.1) is 28.6 Å². The number of hydrogen-bond acceptors (Lipinski definition) is 7. The third-order valence-corrected chi connectivity index (χ3v) is 12.2. The van der Waals surface area contributed by atoms with Crippen LogP contribution in [0.3, 0.4) is 0 Å². The Morgan fingerprint density at radius 2 is 2.05 bits per heavy atom. The highest BCUT2D eigenvalue weighted by Gasteiger charge is 2.75. The molecule has 0 amide bonds. The SMILES string of the molecule is CCC[C@@H]1O[C@@H]2CC3C4CCC5=CC(=O)C=CC5(C)C4C(O)CC3(C)[C@]2(C(=O)CSc2nccc3ccccc23)O1. The third-order valence-electron chi connectivity index (χ3n) is 11.2. The number of aromatic nitrogens is 1. The molecule has 1 saturated heterocycles. The van der Waals surface area contributed by atoms with Crippen molar-refractivity contribution in [3.05, 3.63) is 60.3 Å². The maximum Gasteiger partial charge on any atom is 0.178 e. The fraction of sp³-hybridized carbons (Fsp3) is 0.559. The molecule has 6 nitrogen and oxygen atoms in total. The van der Waals surface area contributed by atoms with Crippen molar-refractivity contribution in [3.63, 3.8) is 0 Å². The molecule has 0 radical (unpaired) electrons. The Morgan fingerprint density at radius 1 is 1.22 bits per heavy atom. The lowest BCUT2D eigenvalue weighted by Crippen LogP contribution is -2.63. The maximum atomic E-state index is 14.6. The molecule has 1 aromatic heterocycles. The second-order valence-electron chi connectivity index (χ2n) is 13.2. The zero-order valence-electron chi connectivity index (χ0n) is 24.0. The number of rotatable bonds is 6. The summed E-state index contributed by atoms with van der Waals surface area (Å²) in [7, 11) is 0. The van der Waals surface area contributed by atoms with E-state index in [9.17, 15) is 14.7 Å². The molecule has 216 valence electrons. The van der Waals surface area contributed by atoms with Crippen molar-refractivity contribution in [2.24, 2.45) is 28.6 Å². The highest BCUT2D eigenvalue weighted by Crippen LogP contribution is 2.69. The molecule has 4 fully saturated rings. The molecular weight excluding hydrogens is 534 g/mol. The number of pyridine rings is 1. The molecule has 0 spiro atoms. The van der Waals surface area contributed by atoms with Crippen LogP contribution < -0.4 is 0 Å². The van der Waals surface area contributed by atoms with Crippen LogP contribution in [0.5, 0.6) is 0 Å². The smallest absolute Gasteiger partial charge is 0.178 e. The van der Waals surface area contributed by atoms with E-state index in [0.717, 1.165) is 53.5 Å². The van der Waals surface area contributed by atoms with E-state index in [1.165, 1.54) is 11.8 Å². The van der Waals surface area contributed by atoms with Gasteiger partial charge in [0.05, 0.1) is 18.0 Å². The third kappa shape index (κ3) is 3.92. The molecule has 0 bridgehead atoms. The lowest BCUT2D eigenvalue weighted by molar-refractivity contribution is -0.197. The van der Waals surface area contributed by atoms with Crippen LogP contribution in [-0.4, -0.2) is 51.5 Å². The van der Waals surface area contributed by atoms with Gasteiger partial charge in [0.25, 0.3) is 0 Å². The minimum absolute atomic E-state index is 0.00315. The van der Waals surface area contributed by atoms with Crippen LogP contribution in [-0.2, 0) is 19.1 Å². The summed E-state index contributed by atoms with van der Waals surface area (Å²) >= 11 is 1.47. The molecule has 1 N–H and O–H groups in total. The Kier molecular flexibility index (Phi) is 6.62. The molecule has 2 heterocycles. The van der Waals surface area contributed by atoms with E-state index in [1.807, 2.05) is 30.3 Å². The van der Waals surface area contributed by atoms with Crippen LogP contribution in [0.1, 0.15) is 59.3 Å². The topological polar surface area (TPSA) is 85.7 Å². The number of fused-ring (bicyclic) bond motifs is 8. The largest absolute Gasteiger partial charge is 0.393 e. The molecule has 41 heavy (non-hydrogen) atoms. The lowest BCUT2D eigenvalue weighted by Gasteiger charge is -2.59. The number of Topliss-reactive ketones (excluding diaryl/α,β-unsaturated/α-hetero) is 1. The van der Waals surface area contributed by atoms with Crippen LogP contribution >= 0.6 is 11.8 Å². The summed E-state index contributed by atoms with van der Waals surface area (Å²) in [6.45, 7) is 6.47. The molecule has 3 saturated carbocycles. The van der Waals surface area contributed by atoms with Gasteiger partial charge in [-0.15, -0.1) is 0 Å². The number of allylic oxidation sites excluding steroid dienone is 4. The Hall–Kier alpha value is -2.32. The summed E-state index contributed by atoms with van der Waals surface area (Å²) in [5.74, 6) is 0.703. The number of ether oxygens (including phenoxy) is 2. The zero-order valence-corrected chi connectivity index (χ0v) is 24.9. The number of aliphatic hydroxyl groups excluding tert-OH is 1. The molecule has 5 aliphatic rings. The molecule has 2 aromatic rings. The fourth-order valence-corrected chi connectivity index (χ4v) is 10.4. The van der Waals surface area contributed by atoms with Gasteiger partial charge in [-0.3, -0.25) is 9.59 Å². The Labute approximate surface area is 246 Å². The van der Waals surface area contributed by atoms with Gasteiger partial charge in [0, 0.05) is 28.3 Å². The number of hydrogen-bond donors (Lipinski definition) is 1. The number of thioether (sulfide) groups is 1. The van der Waals surface area contributed by atoms with E-state index in [0.29, 0.717) is 6.42 Å². The van der Waals surface area contributed by atoms with Gasteiger partial charge in [-0.1, -0.05) is 74.9 Å². The van der Waals surface area contributed by atoms with Crippen molar-refractivity contribution in [3.8, 4) is 0 Å². The van der Waals surface area contributed by atoms with Crippen LogP contribution in [0.2, 0.25) is 0 Å². The summed E-state index contributed by atoms with van der Waals surface area (Å²) < 4.78 is 13.4. The van der Waals surface area contributed by atoms with Crippen molar-refractivity contribution in [2.75, 3.05) is 5.75 Å². The predicted octanol–water partition coefficient (Wildman–Crippen LogP) is 6.07. The van der Waals surface area contributed by atoms with Crippen LogP contribution in [0.15, 0.2) is 65.4 Å².